The fourth-order valence-electron chi connectivity index (χ4n) is 2.72. The van der Waals surface area contributed by atoms with E-state index in [0.717, 1.165) is 27.8 Å². The molecule has 0 aliphatic carbocycles. The molecule has 0 N–H and O–H groups in total. The van der Waals surface area contributed by atoms with Crippen LogP contribution in [-0.2, 0) is 9.63 Å². The summed E-state index contributed by atoms with van der Waals surface area (Å²) in [7, 11) is 0. The van der Waals surface area contributed by atoms with E-state index in [-0.39, 0.29) is 5.92 Å². The van der Waals surface area contributed by atoms with Crippen LogP contribution in [0.4, 0.5) is 0 Å². The Labute approximate surface area is 129 Å². The number of hydrogen-bond acceptors (Lipinski definition) is 4. The van der Waals surface area contributed by atoms with Gasteiger partial charge in [-0.1, -0.05) is 41.6 Å². The SMILES string of the molecule is C=CCC1COc2ccc3ccccc3c2/C1=N/OC(C)=O. The van der Waals surface area contributed by atoms with Gasteiger partial charge in [-0.3, -0.25) is 0 Å². The van der Waals surface area contributed by atoms with Gasteiger partial charge in [-0.15, -0.1) is 6.58 Å². The molecular weight excluding hydrogens is 278 g/mol. The summed E-state index contributed by atoms with van der Waals surface area (Å²) in [5.74, 6) is 0.359. The van der Waals surface area contributed by atoms with Crippen LogP contribution in [-0.4, -0.2) is 18.3 Å². The maximum Gasteiger partial charge on any atom is 0.331 e. The molecule has 112 valence electrons. The van der Waals surface area contributed by atoms with Crippen LogP contribution in [0.15, 0.2) is 54.2 Å². The Hall–Kier alpha value is -2.62. The van der Waals surface area contributed by atoms with Gasteiger partial charge < -0.3 is 9.57 Å². The highest BCUT2D eigenvalue weighted by Crippen LogP contribution is 2.35. The van der Waals surface area contributed by atoms with E-state index in [1.54, 1.807) is 0 Å². The Morgan fingerprint density at radius 1 is 1.41 bits per heavy atom. The lowest BCUT2D eigenvalue weighted by Gasteiger charge is -2.27. The molecule has 0 saturated carbocycles. The topological polar surface area (TPSA) is 47.9 Å². The van der Waals surface area contributed by atoms with E-state index >= 15 is 0 Å². The van der Waals surface area contributed by atoms with Crippen molar-refractivity contribution in [1.82, 2.24) is 0 Å². The molecule has 1 heterocycles. The Balaban J connectivity index is 2.19. The maximum atomic E-state index is 11.1. The van der Waals surface area contributed by atoms with E-state index in [1.165, 1.54) is 6.92 Å². The first-order valence-corrected chi connectivity index (χ1v) is 7.22. The lowest BCUT2D eigenvalue weighted by molar-refractivity contribution is -0.141. The fraction of sp³-hybridized carbons (Fsp3) is 0.222. The molecular formula is C18H17NO3. The minimum Gasteiger partial charge on any atom is -0.492 e. The zero-order valence-corrected chi connectivity index (χ0v) is 12.4. The molecule has 2 aromatic rings. The summed E-state index contributed by atoms with van der Waals surface area (Å²) in [6.45, 7) is 5.63. The van der Waals surface area contributed by atoms with Crippen molar-refractivity contribution in [1.29, 1.82) is 0 Å². The number of benzene rings is 2. The van der Waals surface area contributed by atoms with Crippen molar-refractivity contribution in [2.45, 2.75) is 13.3 Å². The van der Waals surface area contributed by atoms with E-state index in [9.17, 15) is 4.79 Å². The van der Waals surface area contributed by atoms with Crippen molar-refractivity contribution in [2.24, 2.45) is 11.1 Å². The first-order chi connectivity index (χ1) is 10.7. The third-order valence-electron chi connectivity index (χ3n) is 3.70. The quantitative estimate of drug-likeness (QED) is 0.493. The van der Waals surface area contributed by atoms with E-state index in [2.05, 4.69) is 11.7 Å². The summed E-state index contributed by atoms with van der Waals surface area (Å²) in [6, 6.07) is 12.0. The third-order valence-corrected chi connectivity index (χ3v) is 3.70. The number of ether oxygens (including phenoxy) is 1. The van der Waals surface area contributed by atoms with Gasteiger partial charge in [-0.05, 0) is 23.3 Å². The molecule has 2 aromatic carbocycles. The highest BCUT2D eigenvalue weighted by Gasteiger charge is 2.28. The third kappa shape index (κ3) is 2.60. The minimum absolute atomic E-state index is 0.0233. The molecule has 1 unspecified atom stereocenters. The van der Waals surface area contributed by atoms with Crippen LogP contribution in [0.25, 0.3) is 10.8 Å². The largest absolute Gasteiger partial charge is 0.492 e. The highest BCUT2D eigenvalue weighted by molar-refractivity contribution is 6.14. The number of rotatable bonds is 3. The van der Waals surface area contributed by atoms with Crippen LogP contribution in [0.1, 0.15) is 18.9 Å². The van der Waals surface area contributed by atoms with Gasteiger partial charge in [0.05, 0.1) is 12.3 Å². The summed E-state index contributed by atoms with van der Waals surface area (Å²) < 4.78 is 5.86. The fourth-order valence-corrected chi connectivity index (χ4v) is 2.72. The van der Waals surface area contributed by atoms with E-state index in [4.69, 9.17) is 9.57 Å². The van der Waals surface area contributed by atoms with Gasteiger partial charge >= 0.3 is 5.97 Å². The van der Waals surface area contributed by atoms with Crippen molar-refractivity contribution in [3.8, 4) is 5.75 Å². The van der Waals surface area contributed by atoms with Crippen LogP contribution < -0.4 is 4.74 Å². The summed E-state index contributed by atoms with van der Waals surface area (Å²) in [4.78, 5) is 16.1. The molecule has 1 aliphatic heterocycles. The van der Waals surface area contributed by atoms with E-state index in [1.807, 2.05) is 42.5 Å². The van der Waals surface area contributed by atoms with Crippen molar-refractivity contribution in [3.05, 3.63) is 54.6 Å². The normalized spacial score (nSPS) is 18.6. The first-order valence-electron chi connectivity index (χ1n) is 7.22. The Bertz CT molecular complexity index is 764. The minimum atomic E-state index is -0.432. The lowest BCUT2D eigenvalue weighted by atomic mass is 9.88. The Morgan fingerprint density at radius 3 is 3.00 bits per heavy atom. The number of hydrogen-bond donors (Lipinski definition) is 0. The van der Waals surface area contributed by atoms with Crippen molar-refractivity contribution in [3.63, 3.8) is 0 Å². The number of carbonyl (C=O) groups excluding carboxylic acids is 1. The molecule has 3 rings (SSSR count). The van der Waals surface area contributed by atoms with Crippen LogP contribution in [0.5, 0.6) is 5.75 Å². The Kier molecular flexibility index (Phi) is 3.92. The number of oxime groups is 1. The summed E-state index contributed by atoms with van der Waals surface area (Å²) in [6.07, 6.45) is 2.54. The van der Waals surface area contributed by atoms with Crippen molar-refractivity contribution >= 4 is 22.5 Å². The molecule has 0 amide bonds. The molecule has 0 bridgehead atoms. The van der Waals surface area contributed by atoms with Gasteiger partial charge in [-0.2, -0.15) is 0 Å². The maximum absolute atomic E-state index is 11.1. The van der Waals surface area contributed by atoms with Crippen LogP contribution in [0.3, 0.4) is 0 Å². The highest BCUT2D eigenvalue weighted by atomic mass is 16.7. The van der Waals surface area contributed by atoms with E-state index in [0.29, 0.717) is 13.0 Å². The van der Waals surface area contributed by atoms with Gasteiger partial charge in [0.1, 0.15) is 5.75 Å². The van der Waals surface area contributed by atoms with Crippen LogP contribution >= 0.6 is 0 Å². The molecule has 0 fully saturated rings. The molecule has 1 atom stereocenters. The van der Waals surface area contributed by atoms with Crippen LogP contribution in [0.2, 0.25) is 0 Å². The van der Waals surface area contributed by atoms with Gasteiger partial charge in [0, 0.05) is 18.4 Å². The molecule has 0 radical (unpaired) electrons. The molecule has 0 aromatic heterocycles. The molecule has 1 aliphatic rings. The summed E-state index contributed by atoms with van der Waals surface area (Å²) in [5, 5.41) is 6.25. The standard InChI is InChI=1S/C18H17NO3/c1-3-6-14-11-21-16-10-9-13-7-4-5-8-15(13)17(16)18(14)19-22-12(2)20/h3-5,7-10,14H,1,6,11H2,2H3/b19-18+. The second-order valence-corrected chi connectivity index (χ2v) is 5.25. The monoisotopic (exact) mass is 295 g/mol. The zero-order valence-electron chi connectivity index (χ0n) is 12.4. The smallest absolute Gasteiger partial charge is 0.331 e. The zero-order chi connectivity index (χ0) is 15.5. The number of fused-ring (bicyclic) bond motifs is 3. The van der Waals surface area contributed by atoms with E-state index < -0.39 is 5.97 Å². The average molecular weight is 295 g/mol. The summed E-state index contributed by atoms with van der Waals surface area (Å²) in [5.41, 5.74) is 1.64. The first kappa shape index (κ1) is 14.3. The molecule has 4 heteroatoms. The van der Waals surface area contributed by atoms with Crippen molar-refractivity contribution < 1.29 is 14.4 Å². The average Bonchev–Trinajstić information content (AvgIpc) is 2.53. The summed E-state index contributed by atoms with van der Waals surface area (Å²) >= 11 is 0. The lowest BCUT2D eigenvalue weighted by Crippen LogP contribution is -2.29. The van der Waals surface area contributed by atoms with Crippen LogP contribution in [0, 0.1) is 5.92 Å². The van der Waals surface area contributed by atoms with Gasteiger partial charge in [0.25, 0.3) is 0 Å². The number of carbonyl (C=O) groups is 1. The second kappa shape index (κ2) is 6.02. The Morgan fingerprint density at radius 2 is 2.23 bits per heavy atom. The number of nitrogens with zero attached hydrogens (tertiary/aromatic N) is 1. The number of allylic oxidation sites excluding steroid dienone is 1. The predicted molar refractivity (Wildman–Crippen MR) is 86.1 cm³/mol. The predicted octanol–water partition coefficient (Wildman–Crippen LogP) is 3.69. The molecule has 0 spiro atoms. The van der Waals surface area contributed by atoms with Gasteiger partial charge in [0.2, 0.25) is 0 Å². The molecule has 22 heavy (non-hydrogen) atoms. The van der Waals surface area contributed by atoms with Crippen molar-refractivity contribution in [2.75, 3.05) is 6.61 Å². The molecule has 0 saturated heterocycles. The van der Waals surface area contributed by atoms with Gasteiger partial charge in [-0.25, -0.2) is 4.79 Å². The second-order valence-electron chi connectivity index (χ2n) is 5.25. The van der Waals surface area contributed by atoms with Gasteiger partial charge in [0.15, 0.2) is 0 Å². The molecule has 4 nitrogen and oxygen atoms in total.